The van der Waals surface area contributed by atoms with Crippen molar-refractivity contribution in [3.63, 3.8) is 0 Å². The van der Waals surface area contributed by atoms with Crippen molar-refractivity contribution in [3.05, 3.63) is 16.0 Å². The fourth-order valence-electron chi connectivity index (χ4n) is 0.755. The number of nitrogens with one attached hydrogen (secondary N) is 1. The Bertz CT molecular complexity index is 321. The van der Waals surface area contributed by atoms with Crippen molar-refractivity contribution in [2.45, 2.75) is 19.3 Å². The highest BCUT2D eigenvalue weighted by molar-refractivity contribution is 6.99. The van der Waals surface area contributed by atoms with E-state index >= 15 is 0 Å². The third-order valence-corrected chi connectivity index (χ3v) is 1.94. The first-order valence-corrected chi connectivity index (χ1v) is 3.94. The van der Waals surface area contributed by atoms with Crippen molar-refractivity contribution < 1.29 is 0 Å². The fraction of sp³-hybridized carbons (Fsp3) is 0.500. The molecule has 5 heteroatoms. The highest BCUT2D eigenvalue weighted by Crippen LogP contribution is 2.11. The Morgan fingerprint density at radius 3 is 3.09 bits per heavy atom. The smallest absolute Gasteiger partial charge is 0.267 e. The lowest BCUT2D eigenvalue weighted by atomic mass is 10.1. The molecule has 0 radical (unpaired) electrons. The average Bonchev–Trinajstić information content (AvgIpc) is 2.36. The Morgan fingerprint density at radius 1 is 1.91 bits per heavy atom. The van der Waals surface area contributed by atoms with Crippen LogP contribution in [-0.4, -0.2) is 8.75 Å². The molecule has 1 rings (SSSR count). The first-order valence-electron chi connectivity index (χ1n) is 3.17. The number of nitriles is 1. The second-order valence-electron chi connectivity index (χ2n) is 2.26. The van der Waals surface area contributed by atoms with Crippen molar-refractivity contribution in [2.24, 2.45) is 0 Å². The maximum Gasteiger partial charge on any atom is 0.281 e. The molecule has 0 aliphatic heterocycles. The van der Waals surface area contributed by atoms with Crippen LogP contribution in [-0.2, 0) is 0 Å². The molecular formula is C6H7N3OS. The van der Waals surface area contributed by atoms with E-state index in [9.17, 15) is 4.79 Å². The Hall–Kier alpha value is -1.15. The van der Waals surface area contributed by atoms with Crippen LogP contribution in [0, 0.1) is 11.3 Å². The predicted octanol–water partition coefficient (Wildman–Crippen LogP) is 0.849. The number of hydrogen-bond acceptors (Lipinski definition) is 4. The van der Waals surface area contributed by atoms with Gasteiger partial charge in [0.15, 0.2) is 0 Å². The minimum atomic E-state index is -0.169. The van der Waals surface area contributed by atoms with Gasteiger partial charge in [0, 0.05) is 24.1 Å². The minimum Gasteiger partial charge on any atom is -0.267 e. The lowest BCUT2D eigenvalue weighted by Gasteiger charge is -1.97. The summed E-state index contributed by atoms with van der Waals surface area (Å²) in [5.41, 5.74) is 0.300. The molecule has 0 unspecified atom stereocenters. The normalized spacial score (nSPS) is 12.4. The summed E-state index contributed by atoms with van der Waals surface area (Å²) in [4.78, 5) is 10.9. The Morgan fingerprint density at radius 2 is 2.64 bits per heavy atom. The van der Waals surface area contributed by atoms with Crippen molar-refractivity contribution in [3.8, 4) is 6.07 Å². The van der Waals surface area contributed by atoms with Crippen LogP contribution in [0.25, 0.3) is 0 Å². The quantitative estimate of drug-likeness (QED) is 0.713. The van der Waals surface area contributed by atoms with Gasteiger partial charge in [0.05, 0.1) is 6.07 Å². The molecule has 1 aromatic rings. The number of rotatable bonds is 2. The van der Waals surface area contributed by atoms with Crippen molar-refractivity contribution in [1.29, 1.82) is 5.26 Å². The van der Waals surface area contributed by atoms with Crippen molar-refractivity contribution >= 4 is 11.7 Å². The number of H-pyrrole nitrogens is 1. The van der Waals surface area contributed by atoms with Crippen LogP contribution < -0.4 is 5.56 Å². The lowest BCUT2D eigenvalue weighted by molar-refractivity contribution is 0.759. The van der Waals surface area contributed by atoms with Crippen LogP contribution in [0.15, 0.2) is 4.79 Å². The fourth-order valence-corrected chi connectivity index (χ4v) is 1.35. The lowest BCUT2D eigenvalue weighted by Crippen LogP contribution is -2.09. The topological polar surface area (TPSA) is 69.5 Å². The molecule has 0 saturated heterocycles. The van der Waals surface area contributed by atoms with E-state index in [1.54, 1.807) is 0 Å². The first-order chi connectivity index (χ1) is 5.25. The van der Waals surface area contributed by atoms with Crippen LogP contribution in [0.1, 0.15) is 25.0 Å². The molecule has 4 nitrogen and oxygen atoms in total. The molecule has 0 aromatic carbocycles. The van der Waals surface area contributed by atoms with Gasteiger partial charge in [-0.3, -0.25) is 9.17 Å². The van der Waals surface area contributed by atoms with Crippen LogP contribution in [0.2, 0.25) is 0 Å². The zero-order chi connectivity index (χ0) is 8.27. The molecule has 0 bridgehead atoms. The Balaban J connectivity index is 2.86. The maximum atomic E-state index is 10.9. The largest absolute Gasteiger partial charge is 0.281 e. The summed E-state index contributed by atoms with van der Waals surface area (Å²) in [7, 11) is 0. The second-order valence-corrected chi connectivity index (χ2v) is 2.83. The van der Waals surface area contributed by atoms with Gasteiger partial charge in [-0.1, -0.05) is 6.92 Å². The molecular weight excluding hydrogens is 162 g/mol. The van der Waals surface area contributed by atoms with Crippen LogP contribution >= 0.6 is 11.7 Å². The third-order valence-electron chi connectivity index (χ3n) is 1.38. The van der Waals surface area contributed by atoms with E-state index in [2.05, 4.69) is 8.75 Å². The molecule has 0 aliphatic carbocycles. The molecule has 0 amide bonds. The zero-order valence-corrected chi connectivity index (χ0v) is 6.81. The average molecular weight is 169 g/mol. The van der Waals surface area contributed by atoms with E-state index in [4.69, 9.17) is 5.26 Å². The molecule has 58 valence electrons. The van der Waals surface area contributed by atoms with E-state index < -0.39 is 0 Å². The van der Waals surface area contributed by atoms with E-state index in [1.807, 2.05) is 13.0 Å². The van der Waals surface area contributed by atoms with E-state index in [1.165, 1.54) is 0 Å². The summed E-state index contributed by atoms with van der Waals surface area (Å²) >= 11 is 1.02. The molecule has 1 heterocycles. The van der Waals surface area contributed by atoms with E-state index in [-0.39, 0.29) is 11.5 Å². The Kier molecular flexibility index (Phi) is 2.39. The van der Waals surface area contributed by atoms with Crippen molar-refractivity contribution in [1.82, 2.24) is 8.75 Å². The Labute approximate surface area is 67.8 Å². The van der Waals surface area contributed by atoms with Crippen molar-refractivity contribution in [2.75, 3.05) is 0 Å². The molecule has 1 atom stereocenters. The summed E-state index contributed by atoms with van der Waals surface area (Å²) < 4.78 is 6.33. The SMILES string of the molecule is C[C@@H](CC#N)c1ns[nH]c1=O. The first kappa shape index (κ1) is 7.95. The van der Waals surface area contributed by atoms with E-state index in [0.717, 1.165) is 11.7 Å². The van der Waals surface area contributed by atoms with Crippen LogP contribution in [0.5, 0.6) is 0 Å². The summed E-state index contributed by atoms with van der Waals surface area (Å²) in [6.45, 7) is 1.81. The molecule has 1 N–H and O–H groups in total. The number of nitrogens with zero attached hydrogens (tertiary/aromatic N) is 2. The van der Waals surface area contributed by atoms with Crippen LogP contribution in [0.3, 0.4) is 0 Å². The second kappa shape index (κ2) is 3.30. The van der Waals surface area contributed by atoms with Gasteiger partial charge in [-0.15, -0.1) is 0 Å². The highest BCUT2D eigenvalue weighted by atomic mass is 32.1. The molecule has 0 fully saturated rings. The maximum absolute atomic E-state index is 10.9. The van der Waals surface area contributed by atoms with Gasteiger partial charge in [-0.2, -0.15) is 9.64 Å². The molecule has 0 aliphatic rings. The van der Waals surface area contributed by atoms with Gasteiger partial charge in [0.25, 0.3) is 5.56 Å². The van der Waals surface area contributed by atoms with Gasteiger partial charge in [0.2, 0.25) is 0 Å². The number of aromatic nitrogens is 2. The van der Waals surface area contributed by atoms with Gasteiger partial charge in [-0.25, -0.2) is 0 Å². The molecule has 11 heavy (non-hydrogen) atoms. The van der Waals surface area contributed by atoms with Gasteiger partial charge >= 0.3 is 0 Å². The minimum absolute atomic E-state index is 0.0602. The number of hydrogen-bond donors (Lipinski definition) is 1. The summed E-state index contributed by atoms with van der Waals surface area (Å²) in [5.74, 6) is -0.0602. The molecule has 1 aromatic heterocycles. The number of aromatic amines is 1. The third kappa shape index (κ3) is 1.65. The van der Waals surface area contributed by atoms with Crippen LogP contribution in [0.4, 0.5) is 0 Å². The molecule has 0 spiro atoms. The predicted molar refractivity (Wildman–Crippen MR) is 41.4 cm³/mol. The standard InChI is InChI=1S/C6H7N3OS/c1-4(2-3-7)5-6(10)9-11-8-5/h4H,2H2,1H3,(H,9,10)/t4-/m0/s1. The molecule has 0 saturated carbocycles. The highest BCUT2D eigenvalue weighted by Gasteiger charge is 2.11. The summed E-state index contributed by atoms with van der Waals surface area (Å²) in [6.07, 6.45) is 0.340. The summed E-state index contributed by atoms with van der Waals surface area (Å²) in [5, 5.41) is 8.34. The van der Waals surface area contributed by atoms with Gasteiger partial charge < -0.3 is 0 Å². The zero-order valence-electron chi connectivity index (χ0n) is 6.00. The summed E-state index contributed by atoms with van der Waals surface area (Å²) in [6, 6.07) is 1.99. The van der Waals surface area contributed by atoms with Gasteiger partial charge in [-0.05, 0) is 0 Å². The van der Waals surface area contributed by atoms with E-state index in [0.29, 0.717) is 12.1 Å². The monoisotopic (exact) mass is 169 g/mol. The van der Waals surface area contributed by atoms with Gasteiger partial charge in [0.1, 0.15) is 5.69 Å².